The van der Waals surface area contributed by atoms with Gasteiger partial charge in [-0.2, -0.15) is 0 Å². The Morgan fingerprint density at radius 2 is 1.81 bits per heavy atom. The molecule has 3 rings (SSSR count). The van der Waals surface area contributed by atoms with Crippen LogP contribution in [0.1, 0.15) is 36.5 Å². The predicted octanol–water partition coefficient (Wildman–Crippen LogP) is 3.79. The second-order valence-electron chi connectivity index (χ2n) is 6.74. The summed E-state index contributed by atoms with van der Waals surface area (Å²) < 4.78 is 28.0. The van der Waals surface area contributed by atoms with Crippen LogP contribution in [0.5, 0.6) is 0 Å². The molecule has 1 aliphatic heterocycles. The Labute approximate surface area is 155 Å². The number of carbonyl (C=O) groups excluding carboxylic acids is 1. The summed E-state index contributed by atoms with van der Waals surface area (Å²) in [6.45, 7) is 6.56. The summed E-state index contributed by atoms with van der Waals surface area (Å²) in [5.74, 6) is 0.128. The van der Waals surface area contributed by atoms with E-state index in [1.165, 1.54) is 0 Å². The van der Waals surface area contributed by atoms with Crippen LogP contribution in [-0.2, 0) is 21.2 Å². The standard InChI is InChI=1S/C20H24N2O3S/c1-4-11-22-19-9-7-17(13-16(19)6-10-20(22)23)21-26(24,25)18-8-5-14(2)15(3)12-18/h5,7-9,12-13,21H,4,6,10-11H2,1-3H3. The van der Waals surface area contributed by atoms with Crippen LogP contribution < -0.4 is 9.62 Å². The molecule has 26 heavy (non-hydrogen) atoms. The number of rotatable bonds is 5. The molecule has 0 fully saturated rings. The third kappa shape index (κ3) is 3.60. The molecule has 0 bridgehead atoms. The van der Waals surface area contributed by atoms with Crippen molar-refractivity contribution in [2.24, 2.45) is 0 Å². The minimum absolute atomic E-state index is 0.128. The van der Waals surface area contributed by atoms with Crippen molar-refractivity contribution in [2.45, 2.75) is 44.9 Å². The number of sulfonamides is 1. The quantitative estimate of drug-likeness (QED) is 0.868. The largest absolute Gasteiger partial charge is 0.312 e. The number of nitrogens with one attached hydrogen (secondary N) is 1. The fourth-order valence-electron chi connectivity index (χ4n) is 3.19. The second-order valence-corrected chi connectivity index (χ2v) is 8.42. The molecule has 0 spiro atoms. The number of nitrogens with zero attached hydrogens (tertiary/aromatic N) is 1. The van der Waals surface area contributed by atoms with Gasteiger partial charge in [0.2, 0.25) is 5.91 Å². The summed E-state index contributed by atoms with van der Waals surface area (Å²) in [5, 5.41) is 0. The van der Waals surface area contributed by atoms with Crippen LogP contribution in [0.3, 0.4) is 0 Å². The van der Waals surface area contributed by atoms with Gasteiger partial charge in [0.05, 0.1) is 4.90 Å². The van der Waals surface area contributed by atoms with E-state index in [2.05, 4.69) is 4.72 Å². The SMILES string of the molecule is CCCN1C(=O)CCc2cc(NS(=O)(=O)c3ccc(C)c(C)c3)ccc21. The molecule has 5 nitrogen and oxygen atoms in total. The Kier molecular flexibility index (Phi) is 5.05. The normalized spacial score (nSPS) is 14.3. The first-order valence-electron chi connectivity index (χ1n) is 8.85. The van der Waals surface area contributed by atoms with Gasteiger partial charge < -0.3 is 4.90 Å². The summed E-state index contributed by atoms with van der Waals surface area (Å²) in [6, 6.07) is 10.5. The van der Waals surface area contributed by atoms with Crippen molar-refractivity contribution >= 4 is 27.3 Å². The molecular weight excluding hydrogens is 348 g/mol. The topological polar surface area (TPSA) is 66.5 Å². The van der Waals surface area contributed by atoms with Crippen LogP contribution in [0.2, 0.25) is 0 Å². The number of hydrogen-bond acceptors (Lipinski definition) is 3. The van der Waals surface area contributed by atoms with E-state index in [0.717, 1.165) is 28.8 Å². The number of fused-ring (bicyclic) bond motifs is 1. The number of aryl methyl sites for hydroxylation is 3. The van der Waals surface area contributed by atoms with Crippen molar-refractivity contribution < 1.29 is 13.2 Å². The van der Waals surface area contributed by atoms with Crippen LogP contribution >= 0.6 is 0 Å². The van der Waals surface area contributed by atoms with Gasteiger partial charge in [-0.25, -0.2) is 8.42 Å². The van der Waals surface area contributed by atoms with Crippen molar-refractivity contribution in [3.8, 4) is 0 Å². The summed E-state index contributed by atoms with van der Waals surface area (Å²) in [6.07, 6.45) is 1.97. The van der Waals surface area contributed by atoms with Gasteiger partial charge in [0.25, 0.3) is 10.0 Å². The highest BCUT2D eigenvalue weighted by atomic mass is 32.2. The van der Waals surface area contributed by atoms with E-state index in [-0.39, 0.29) is 10.8 Å². The molecule has 1 aliphatic rings. The fraction of sp³-hybridized carbons (Fsp3) is 0.350. The molecule has 6 heteroatoms. The molecule has 2 aromatic carbocycles. The highest BCUT2D eigenvalue weighted by Gasteiger charge is 2.24. The third-order valence-corrected chi connectivity index (χ3v) is 6.15. The lowest BCUT2D eigenvalue weighted by Crippen LogP contribution is -2.35. The number of anilines is 2. The average Bonchev–Trinajstić information content (AvgIpc) is 2.59. The summed E-state index contributed by atoms with van der Waals surface area (Å²) in [4.78, 5) is 14.2. The number of benzene rings is 2. The Balaban J connectivity index is 1.89. The van der Waals surface area contributed by atoms with Crippen molar-refractivity contribution in [2.75, 3.05) is 16.2 Å². The van der Waals surface area contributed by atoms with E-state index in [1.54, 1.807) is 23.1 Å². The van der Waals surface area contributed by atoms with Gasteiger partial charge >= 0.3 is 0 Å². The lowest BCUT2D eigenvalue weighted by atomic mass is 10.0. The minimum atomic E-state index is -3.64. The highest BCUT2D eigenvalue weighted by molar-refractivity contribution is 7.92. The van der Waals surface area contributed by atoms with Crippen LogP contribution in [0.15, 0.2) is 41.3 Å². The van der Waals surface area contributed by atoms with Crippen molar-refractivity contribution in [1.82, 2.24) is 0 Å². The maximum absolute atomic E-state index is 12.7. The molecule has 0 unspecified atom stereocenters. The Bertz CT molecular complexity index is 952. The molecule has 0 atom stereocenters. The van der Waals surface area contributed by atoms with Gasteiger partial charge in [-0.15, -0.1) is 0 Å². The van der Waals surface area contributed by atoms with Crippen molar-refractivity contribution in [1.29, 1.82) is 0 Å². The molecule has 2 aromatic rings. The number of carbonyl (C=O) groups is 1. The lowest BCUT2D eigenvalue weighted by molar-refractivity contribution is -0.118. The second kappa shape index (κ2) is 7.11. The van der Waals surface area contributed by atoms with Gasteiger partial charge in [-0.1, -0.05) is 13.0 Å². The molecule has 0 saturated carbocycles. The first kappa shape index (κ1) is 18.5. The summed E-state index contributed by atoms with van der Waals surface area (Å²) >= 11 is 0. The monoisotopic (exact) mass is 372 g/mol. The Hall–Kier alpha value is -2.34. The zero-order valence-corrected chi connectivity index (χ0v) is 16.2. The van der Waals surface area contributed by atoms with E-state index in [1.807, 2.05) is 39.0 Å². The maximum Gasteiger partial charge on any atom is 0.261 e. The van der Waals surface area contributed by atoms with Crippen molar-refractivity contribution in [3.63, 3.8) is 0 Å². The lowest BCUT2D eigenvalue weighted by Gasteiger charge is -2.29. The smallest absolute Gasteiger partial charge is 0.261 e. The van der Waals surface area contributed by atoms with Crippen LogP contribution in [0.25, 0.3) is 0 Å². The Morgan fingerprint density at radius 3 is 2.50 bits per heavy atom. The molecular formula is C20H24N2O3S. The van der Waals surface area contributed by atoms with E-state index < -0.39 is 10.0 Å². The van der Waals surface area contributed by atoms with Crippen LogP contribution in [0, 0.1) is 13.8 Å². The van der Waals surface area contributed by atoms with Gasteiger partial charge in [-0.05, 0) is 73.7 Å². The summed E-state index contributed by atoms with van der Waals surface area (Å²) in [7, 11) is -3.64. The molecule has 0 radical (unpaired) electrons. The predicted molar refractivity (Wildman–Crippen MR) is 104 cm³/mol. The molecule has 0 aliphatic carbocycles. The van der Waals surface area contributed by atoms with Gasteiger partial charge in [0, 0.05) is 24.3 Å². The molecule has 1 heterocycles. The van der Waals surface area contributed by atoms with Crippen LogP contribution in [-0.4, -0.2) is 20.9 Å². The first-order chi connectivity index (χ1) is 12.3. The Morgan fingerprint density at radius 1 is 1.04 bits per heavy atom. The van der Waals surface area contributed by atoms with Crippen LogP contribution in [0.4, 0.5) is 11.4 Å². The maximum atomic E-state index is 12.7. The zero-order chi connectivity index (χ0) is 18.9. The van der Waals surface area contributed by atoms with E-state index >= 15 is 0 Å². The average molecular weight is 372 g/mol. The number of hydrogen-bond donors (Lipinski definition) is 1. The van der Waals surface area contributed by atoms with E-state index in [9.17, 15) is 13.2 Å². The molecule has 138 valence electrons. The highest BCUT2D eigenvalue weighted by Crippen LogP contribution is 2.31. The molecule has 1 N–H and O–H groups in total. The third-order valence-electron chi connectivity index (χ3n) is 4.77. The van der Waals surface area contributed by atoms with Gasteiger partial charge in [0.15, 0.2) is 0 Å². The van der Waals surface area contributed by atoms with Gasteiger partial charge in [-0.3, -0.25) is 9.52 Å². The summed E-state index contributed by atoms with van der Waals surface area (Å²) in [5.41, 5.74) is 4.40. The first-order valence-corrected chi connectivity index (χ1v) is 10.3. The fourth-order valence-corrected chi connectivity index (χ4v) is 4.32. The van der Waals surface area contributed by atoms with E-state index in [0.29, 0.717) is 25.1 Å². The van der Waals surface area contributed by atoms with Crippen molar-refractivity contribution in [3.05, 3.63) is 53.1 Å². The molecule has 0 aromatic heterocycles. The zero-order valence-electron chi connectivity index (χ0n) is 15.4. The van der Waals surface area contributed by atoms with E-state index in [4.69, 9.17) is 0 Å². The molecule has 0 saturated heterocycles. The number of amides is 1. The van der Waals surface area contributed by atoms with Gasteiger partial charge in [0.1, 0.15) is 0 Å². The molecule has 1 amide bonds. The minimum Gasteiger partial charge on any atom is -0.312 e.